The average molecular weight is 1400 g/mol. The van der Waals surface area contributed by atoms with Crippen molar-refractivity contribution < 1.29 is 80.2 Å². The highest BCUT2D eigenvalue weighted by atomic mass is 31.2. The Bertz CT molecular complexity index is 1840. The standard InChI is InChI=1S/C76H148O17P2/c1-7-10-12-14-16-18-19-20-21-22-23-24-25-26-31-34-37-41-48-54-60-75(80)92-71(64-87-74(79)59-53-47-40-36-33-30-28-27-29-32-35-38-44-50-56-68(4)5)66-90-94(82,83)88-62-70(77)63-89-95(84,85)91-67-72(65-86-73(78)58-52-46-39-17-15-13-11-8-2)93-76(81)61-55-49-43-42-45-51-57-69(6)9-3/h68-72,77H,7-67H2,1-6H3,(H,82,83)(H,84,85)/t69?,70-,71-,72-/m1/s1. The van der Waals surface area contributed by atoms with E-state index in [1.807, 2.05) is 0 Å². The zero-order chi connectivity index (χ0) is 70.0. The van der Waals surface area contributed by atoms with Crippen LogP contribution in [0.15, 0.2) is 0 Å². The number of hydrogen-bond donors (Lipinski definition) is 3. The number of carbonyl (C=O) groups is 4. The summed E-state index contributed by atoms with van der Waals surface area (Å²) in [6.07, 6.45) is 55.7. The number of hydrogen-bond acceptors (Lipinski definition) is 15. The largest absolute Gasteiger partial charge is 0.472 e. The van der Waals surface area contributed by atoms with Gasteiger partial charge in [-0.05, 0) is 37.5 Å². The van der Waals surface area contributed by atoms with Crippen LogP contribution in [0.4, 0.5) is 0 Å². The van der Waals surface area contributed by atoms with Crippen LogP contribution in [0.5, 0.6) is 0 Å². The van der Waals surface area contributed by atoms with Crippen LogP contribution in [0.2, 0.25) is 0 Å². The van der Waals surface area contributed by atoms with E-state index >= 15 is 0 Å². The highest BCUT2D eigenvalue weighted by Crippen LogP contribution is 2.45. The van der Waals surface area contributed by atoms with Gasteiger partial charge in [0.25, 0.3) is 0 Å². The Hall–Kier alpha value is -1.94. The van der Waals surface area contributed by atoms with Crippen molar-refractivity contribution in [3.63, 3.8) is 0 Å². The molecule has 0 aromatic carbocycles. The van der Waals surface area contributed by atoms with Crippen LogP contribution < -0.4 is 0 Å². The topological polar surface area (TPSA) is 237 Å². The third-order valence-corrected chi connectivity index (χ3v) is 20.0. The van der Waals surface area contributed by atoms with Crippen molar-refractivity contribution in [3.05, 3.63) is 0 Å². The number of carbonyl (C=O) groups excluding carboxylic acids is 4. The lowest BCUT2D eigenvalue weighted by atomic mass is 10.00. The molecule has 19 heteroatoms. The summed E-state index contributed by atoms with van der Waals surface area (Å²) in [5.41, 5.74) is 0. The molecule has 0 fully saturated rings. The van der Waals surface area contributed by atoms with Gasteiger partial charge in [-0.2, -0.15) is 0 Å². The fourth-order valence-corrected chi connectivity index (χ4v) is 13.2. The van der Waals surface area contributed by atoms with Crippen molar-refractivity contribution in [1.29, 1.82) is 0 Å². The minimum Gasteiger partial charge on any atom is -0.462 e. The molecule has 564 valence electrons. The van der Waals surface area contributed by atoms with E-state index in [0.717, 1.165) is 108 Å². The molecule has 0 aliphatic carbocycles. The third-order valence-electron chi connectivity index (χ3n) is 18.1. The number of ether oxygens (including phenoxy) is 4. The van der Waals surface area contributed by atoms with Crippen LogP contribution in [0, 0.1) is 11.8 Å². The summed E-state index contributed by atoms with van der Waals surface area (Å²) in [7, 11) is -9.91. The van der Waals surface area contributed by atoms with Crippen LogP contribution in [-0.4, -0.2) is 96.7 Å². The molecule has 17 nitrogen and oxygen atoms in total. The van der Waals surface area contributed by atoms with Crippen molar-refractivity contribution in [2.75, 3.05) is 39.6 Å². The summed E-state index contributed by atoms with van der Waals surface area (Å²) in [6, 6.07) is 0. The molecule has 3 N–H and O–H groups in total. The van der Waals surface area contributed by atoms with E-state index in [2.05, 4.69) is 41.5 Å². The van der Waals surface area contributed by atoms with E-state index < -0.39 is 97.5 Å². The van der Waals surface area contributed by atoms with Gasteiger partial charge in [0, 0.05) is 25.7 Å². The molecule has 0 heterocycles. The highest BCUT2D eigenvalue weighted by molar-refractivity contribution is 7.47. The molecule has 0 bridgehead atoms. The van der Waals surface area contributed by atoms with E-state index in [4.69, 9.17) is 37.0 Å². The fourth-order valence-electron chi connectivity index (χ4n) is 11.6. The van der Waals surface area contributed by atoms with Crippen molar-refractivity contribution in [3.8, 4) is 0 Å². The zero-order valence-corrected chi connectivity index (χ0v) is 63.8. The second-order valence-corrected chi connectivity index (χ2v) is 31.0. The minimum atomic E-state index is -4.96. The Kier molecular flexibility index (Phi) is 66.5. The highest BCUT2D eigenvalue weighted by Gasteiger charge is 2.30. The van der Waals surface area contributed by atoms with E-state index in [1.54, 1.807) is 0 Å². The predicted octanol–water partition coefficient (Wildman–Crippen LogP) is 22.3. The number of aliphatic hydroxyl groups is 1. The van der Waals surface area contributed by atoms with Crippen LogP contribution in [-0.2, 0) is 65.4 Å². The quantitative estimate of drug-likeness (QED) is 0.0222. The Morgan fingerprint density at radius 1 is 0.305 bits per heavy atom. The van der Waals surface area contributed by atoms with Gasteiger partial charge in [-0.3, -0.25) is 37.3 Å². The first-order valence-electron chi connectivity index (χ1n) is 39.5. The number of esters is 4. The summed E-state index contributed by atoms with van der Waals surface area (Å²) >= 11 is 0. The van der Waals surface area contributed by atoms with Crippen molar-refractivity contribution in [2.45, 2.75) is 413 Å². The first kappa shape index (κ1) is 93.1. The number of unbranched alkanes of at least 4 members (excludes halogenated alkanes) is 44. The molecule has 3 unspecified atom stereocenters. The average Bonchev–Trinajstić information content (AvgIpc) is 1.41. The SMILES string of the molecule is CCCCCCCCCCCCCCCCCCCCCCC(=O)O[C@H](COC(=O)CCCCCCCCCCCCCCCCC(C)C)COP(=O)(O)OC[C@@H](O)COP(=O)(O)OC[C@@H](COC(=O)CCCCCCCCCC)OC(=O)CCCCCCCCC(C)CC. The van der Waals surface area contributed by atoms with Crippen LogP contribution >= 0.6 is 15.6 Å². The summed E-state index contributed by atoms with van der Waals surface area (Å²) in [5, 5.41) is 10.6. The Morgan fingerprint density at radius 2 is 0.537 bits per heavy atom. The molecular weight excluding hydrogens is 1250 g/mol. The molecule has 0 radical (unpaired) electrons. The van der Waals surface area contributed by atoms with Gasteiger partial charge in [-0.1, -0.05) is 343 Å². The Labute approximate surface area is 581 Å². The van der Waals surface area contributed by atoms with Gasteiger partial charge in [0.05, 0.1) is 26.4 Å². The normalized spacial score (nSPS) is 14.3. The first-order chi connectivity index (χ1) is 45.9. The summed E-state index contributed by atoms with van der Waals surface area (Å²) < 4.78 is 68.4. The zero-order valence-electron chi connectivity index (χ0n) is 62.0. The molecule has 6 atom stereocenters. The summed E-state index contributed by atoms with van der Waals surface area (Å²) in [6.45, 7) is 9.54. The predicted molar refractivity (Wildman–Crippen MR) is 386 cm³/mol. The molecule has 0 aromatic heterocycles. The van der Waals surface area contributed by atoms with Gasteiger partial charge in [0.15, 0.2) is 12.2 Å². The second-order valence-electron chi connectivity index (χ2n) is 28.1. The van der Waals surface area contributed by atoms with Gasteiger partial charge in [-0.25, -0.2) is 9.13 Å². The van der Waals surface area contributed by atoms with Gasteiger partial charge in [-0.15, -0.1) is 0 Å². The lowest BCUT2D eigenvalue weighted by Crippen LogP contribution is -2.30. The molecule has 0 spiro atoms. The lowest BCUT2D eigenvalue weighted by Gasteiger charge is -2.21. The molecule has 0 saturated heterocycles. The van der Waals surface area contributed by atoms with E-state index in [1.165, 1.54) is 205 Å². The molecule has 0 aliphatic rings. The molecule has 0 amide bonds. The molecule has 0 aliphatic heterocycles. The monoisotopic (exact) mass is 1400 g/mol. The van der Waals surface area contributed by atoms with Gasteiger partial charge in [0.2, 0.25) is 0 Å². The summed E-state index contributed by atoms with van der Waals surface area (Å²) in [4.78, 5) is 72.7. The molecule has 95 heavy (non-hydrogen) atoms. The van der Waals surface area contributed by atoms with Crippen molar-refractivity contribution in [1.82, 2.24) is 0 Å². The van der Waals surface area contributed by atoms with E-state index in [-0.39, 0.29) is 25.7 Å². The molecular formula is C76H148O17P2. The maximum Gasteiger partial charge on any atom is 0.472 e. The lowest BCUT2D eigenvalue weighted by molar-refractivity contribution is -0.161. The number of phosphoric ester groups is 2. The van der Waals surface area contributed by atoms with Crippen LogP contribution in [0.1, 0.15) is 395 Å². The summed E-state index contributed by atoms with van der Waals surface area (Å²) in [5.74, 6) is -0.602. The van der Waals surface area contributed by atoms with Gasteiger partial charge >= 0.3 is 39.5 Å². The van der Waals surface area contributed by atoms with E-state index in [9.17, 15) is 43.2 Å². The smallest absolute Gasteiger partial charge is 0.462 e. The fraction of sp³-hybridized carbons (Fsp3) is 0.947. The second kappa shape index (κ2) is 67.9. The molecule has 0 saturated carbocycles. The Balaban J connectivity index is 5.18. The molecule has 0 aromatic rings. The van der Waals surface area contributed by atoms with Crippen molar-refractivity contribution >= 4 is 39.5 Å². The van der Waals surface area contributed by atoms with Gasteiger partial charge < -0.3 is 33.8 Å². The maximum absolute atomic E-state index is 13.1. The van der Waals surface area contributed by atoms with Crippen LogP contribution in [0.25, 0.3) is 0 Å². The Morgan fingerprint density at radius 3 is 0.800 bits per heavy atom. The molecule has 0 rings (SSSR count). The minimum absolute atomic E-state index is 0.103. The number of aliphatic hydroxyl groups excluding tert-OH is 1. The van der Waals surface area contributed by atoms with E-state index in [0.29, 0.717) is 25.7 Å². The van der Waals surface area contributed by atoms with Gasteiger partial charge in [0.1, 0.15) is 19.3 Å². The first-order valence-corrected chi connectivity index (χ1v) is 42.5. The van der Waals surface area contributed by atoms with Crippen molar-refractivity contribution in [2.24, 2.45) is 11.8 Å². The maximum atomic E-state index is 13.1. The third kappa shape index (κ3) is 69.0. The number of phosphoric acid groups is 2. The number of rotatable bonds is 75. The van der Waals surface area contributed by atoms with Crippen LogP contribution in [0.3, 0.4) is 0 Å².